The zero-order valence-corrected chi connectivity index (χ0v) is 23.4. The third kappa shape index (κ3) is 6.15. The topological polar surface area (TPSA) is 58.9 Å². The van der Waals surface area contributed by atoms with Gasteiger partial charge in [-0.2, -0.15) is 13.2 Å². The summed E-state index contributed by atoms with van der Waals surface area (Å²) in [4.78, 5) is 16.8. The molecule has 2 fully saturated rings. The first-order valence-corrected chi connectivity index (χ1v) is 14.4. The van der Waals surface area contributed by atoms with Gasteiger partial charge in [-0.1, -0.05) is 42.5 Å². The second-order valence-electron chi connectivity index (χ2n) is 11.4. The van der Waals surface area contributed by atoms with Crippen molar-refractivity contribution >= 4 is 5.95 Å². The van der Waals surface area contributed by atoms with Crippen molar-refractivity contribution in [3.8, 4) is 22.6 Å². The van der Waals surface area contributed by atoms with E-state index in [4.69, 9.17) is 9.97 Å². The Kier molecular flexibility index (Phi) is 7.55. The van der Waals surface area contributed by atoms with Crippen LogP contribution in [0, 0.1) is 5.92 Å². The summed E-state index contributed by atoms with van der Waals surface area (Å²) >= 11 is 0. The largest absolute Gasteiger partial charge is 0.416 e. The van der Waals surface area contributed by atoms with Crippen LogP contribution in [0.15, 0.2) is 66.9 Å². The van der Waals surface area contributed by atoms with Crippen LogP contribution < -0.4 is 5.32 Å². The van der Waals surface area contributed by atoms with Crippen molar-refractivity contribution in [2.75, 3.05) is 25.0 Å². The van der Waals surface area contributed by atoms with Gasteiger partial charge in [-0.3, -0.25) is 0 Å². The molecule has 0 spiro atoms. The van der Waals surface area contributed by atoms with E-state index in [-0.39, 0.29) is 12.0 Å². The Labute approximate surface area is 238 Å². The maximum Gasteiger partial charge on any atom is 0.416 e. The van der Waals surface area contributed by atoms with Crippen molar-refractivity contribution < 1.29 is 13.2 Å². The molecule has 0 radical (unpaired) electrons. The molecule has 1 unspecified atom stereocenters. The van der Waals surface area contributed by atoms with Gasteiger partial charge in [0, 0.05) is 31.3 Å². The fourth-order valence-electron chi connectivity index (χ4n) is 5.84. The number of hydrogen-bond acceptors (Lipinski definition) is 5. The van der Waals surface area contributed by atoms with Crippen LogP contribution in [0.5, 0.6) is 0 Å². The number of alkyl halides is 3. The average molecular weight is 561 g/mol. The lowest BCUT2D eigenvalue weighted by Crippen LogP contribution is -2.35. The number of anilines is 1. The van der Waals surface area contributed by atoms with Gasteiger partial charge in [-0.05, 0) is 75.4 Å². The number of likely N-dealkylation sites (tertiary alicyclic amines) is 1. The summed E-state index contributed by atoms with van der Waals surface area (Å²) < 4.78 is 43.0. The van der Waals surface area contributed by atoms with Crippen LogP contribution in [0.25, 0.3) is 22.6 Å². The molecule has 1 N–H and O–H groups in total. The summed E-state index contributed by atoms with van der Waals surface area (Å²) in [5.41, 5.74) is 2.65. The van der Waals surface area contributed by atoms with Crippen molar-refractivity contribution in [2.24, 2.45) is 13.0 Å². The molecule has 0 amide bonds. The minimum Gasteiger partial charge on any atom is -0.348 e. The molecule has 6 nitrogen and oxygen atoms in total. The summed E-state index contributed by atoms with van der Waals surface area (Å²) in [7, 11) is 1.95. The number of aromatic nitrogens is 4. The van der Waals surface area contributed by atoms with Gasteiger partial charge in [-0.15, -0.1) is 0 Å². The Balaban J connectivity index is 1.36. The summed E-state index contributed by atoms with van der Waals surface area (Å²) in [5, 5.41) is 3.37. The predicted octanol–water partition coefficient (Wildman–Crippen LogP) is 7.33. The highest BCUT2D eigenvalue weighted by Crippen LogP contribution is 2.39. The highest BCUT2D eigenvalue weighted by Gasteiger charge is 2.33. The van der Waals surface area contributed by atoms with Crippen molar-refractivity contribution in [3.63, 3.8) is 0 Å². The van der Waals surface area contributed by atoms with E-state index in [0.717, 1.165) is 49.3 Å². The normalized spacial score (nSPS) is 17.5. The van der Waals surface area contributed by atoms with Crippen LogP contribution in [-0.4, -0.2) is 44.1 Å². The first-order valence-electron chi connectivity index (χ1n) is 14.4. The molecule has 4 aromatic rings. The van der Waals surface area contributed by atoms with Gasteiger partial charge >= 0.3 is 6.18 Å². The molecule has 41 heavy (non-hydrogen) atoms. The maximum atomic E-state index is 13.7. The van der Waals surface area contributed by atoms with Crippen LogP contribution in [-0.2, 0) is 13.2 Å². The molecular weight excluding hydrogens is 525 g/mol. The van der Waals surface area contributed by atoms with Gasteiger partial charge in [0.05, 0.1) is 28.7 Å². The molecule has 1 saturated heterocycles. The fraction of sp³-hybridized carbons (Fsp3) is 0.406. The molecule has 2 aromatic heterocycles. The molecule has 0 bridgehead atoms. The van der Waals surface area contributed by atoms with Gasteiger partial charge in [0.1, 0.15) is 5.82 Å². The molecule has 1 aliphatic heterocycles. The molecule has 1 aliphatic carbocycles. The van der Waals surface area contributed by atoms with E-state index < -0.39 is 11.7 Å². The van der Waals surface area contributed by atoms with Crippen molar-refractivity contribution in [1.29, 1.82) is 0 Å². The first-order chi connectivity index (χ1) is 19.8. The van der Waals surface area contributed by atoms with Crippen LogP contribution in [0.4, 0.5) is 19.1 Å². The zero-order chi connectivity index (χ0) is 28.6. The number of halogens is 3. The number of benzene rings is 2. The molecule has 1 saturated carbocycles. The number of hydrogen-bond donors (Lipinski definition) is 1. The Morgan fingerprint density at radius 1 is 0.951 bits per heavy atom. The fourth-order valence-corrected chi connectivity index (χ4v) is 5.84. The lowest BCUT2D eigenvalue weighted by molar-refractivity contribution is -0.137. The average Bonchev–Trinajstić information content (AvgIpc) is 3.73. The summed E-state index contributed by atoms with van der Waals surface area (Å²) in [6.07, 6.45) is 1.86. The summed E-state index contributed by atoms with van der Waals surface area (Å²) in [6.45, 7) is 5.24. The molecule has 3 heterocycles. The quantitative estimate of drug-likeness (QED) is 0.245. The van der Waals surface area contributed by atoms with Gasteiger partial charge in [-0.25, -0.2) is 15.0 Å². The Morgan fingerprint density at radius 2 is 1.71 bits per heavy atom. The first kappa shape index (κ1) is 27.4. The summed E-state index contributed by atoms with van der Waals surface area (Å²) in [6, 6.07) is 17.2. The number of imidazole rings is 1. The Morgan fingerprint density at radius 3 is 2.41 bits per heavy atom. The number of nitrogens with zero attached hydrogens (tertiary/aromatic N) is 5. The third-order valence-corrected chi connectivity index (χ3v) is 8.30. The third-order valence-electron chi connectivity index (χ3n) is 8.30. The van der Waals surface area contributed by atoms with Gasteiger partial charge < -0.3 is 14.8 Å². The minimum absolute atomic E-state index is 0.0303. The van der Waals surface area contributed by atoms with Gasteiger partial charge in [0.2, 0.25) is 5.95 Å². The minimum atomic E-state index is -4.44. The van der Waals surface area contributed by atoms with E-state index >= 15 is 0 Å². The lowest BCUT2D eigenvalue weighted by Gasteiger charge is -2.31. The highest BCUT2D eigenvalue weighted by molar-refractivity contribution is 5.78. The van der Waals surface area contributed by atoms with Gasteiger partial charge in [0.15, 0.2) is 0 Å². The van der Waals surface area contributed by atoms with Gasteiger partial charge in [0.25, 0.3) is 0 Å². The van der Waals surface area contributed by atoms with E-state index in [1.807, 2.05) is 48.9 Å². The molecule has 6 rings (SSSR count). The van der Waals surface area contributed by atoms with E-state index in [1.165, 1.54) is 31.5 Å². The standard InChI is InChI=1S/C32H35F3N6/c1-21(23-7-4-3-5-8-23)37-31-36-16-13-27(38-31)29-28(25-9-6-10-26(19-25)32(33,34)35)39-30(40(29)2)24-14-17-41(18-15-24)20-22-11-12-22/h3-10,13,16,19,21-22,24H,11-12,14-15,17-18,20H2,1-2H3,(H,36,37,38). The SMILES string of the molecule is CC(Nc1nccc(-c2c(-c3cccc(C(F)(F)F)c3)nc(C3CCN(CC4CC4)CC3)n2C)n1)c1ccccc1. The van der Waals surface area contributed by atoms with E-state index in [0.29, 0.717) is 28.6 Å². The monoisotopic (exact) mass is 560 g/mol. The second kappa shape index (κ2) is 11.3. The van der Waals surface area contributed by atoms with Crippen LogP contribution >= 0.6 is 0 Å². The van der Waals surface area contributed by atoms with E-state index in [9.17, 15) is 13.2 Å². The van der Waals surface area contributed by atoms with E-state index in [2.05, 4.69) is 15.2 Å². The molecule has 2 aliphatic rings. The molecule has 1 atom stereocenters. The van der Waals surface area contributed by atoms with Crippen LogP contribution in [0.1, 0.15) is 61.5 Å². The van der Waals surface area contributed by atoms with Crippen molar-refractivity contribution in [3.05, 3.63) is 83.8 Å². The molecule has 9 heteroatoms. The Hall–Kier alpha value is -3.72. The van der Waals surface area contributed by atoms with Crippen LogP contribution in [0.2, 0.25) is 0 Å². The second-order valence-corrected chi connectivity index (χ2v) is 11.4. The highest BCUT2D eigenvalue weighted by atomic mass is 19.4. The number of piperidine rings is 1. The number of rotatable bonds is 8. The smallest absolute Gasteiger partial charge is 0.348 e. The van der Waals surface area contributed by atoms with Crippen molar-refractivity contribution in [2.45, 2.75) is 50.7 Å². The van der Waals surface area contributed by atoms with E-state index in [1.54, 1.807) is 18.3 Å². The predicted molar refractivity (Wildman–Crippen MR) is 154 cm³/mol. The number of nitrogens with one attached hydrogen (secondary N) is 1. The molecule has 2 aromatic carbocycles. The molecular formula is C32H35F3N6. The zero-order valence-electron chi connectivity index (χ0n) is 23.4. The molecule has 214 valence electrons. The van der Waals surface area contributed by atoms with Crippen LogP contribution in [0.3, 0.4) is 0 Å². The lowest BCUT2D eigenvalue weighted by atomic mass is 9.95. The summed E-state index contributed by atoms with van der Waals surface area (Å²) in [5.74, 6) is 2.42. The van der Waals surface area contributed by atoms with Crippen molar-refractivity contribution in [1.82, 2.24) is 24.4 Å². The Bertz CT molecular complexity index is 1490. The maximum absolute atomic E-state index is 13.7.